The molecule has 1 atom stereocenters. The van der Waals surface area contributed by atoms with Crippen LogP contribution in [0.1, 0.15) is 36.4 Å². The van der Waals surface area contributed by atoms with Crippen molar-refractivity contribution in [1.82, 2.24) is 5.32 Å². The summed E-state index contributed by atoms with van der Waals surface area (Å²) in [7, 11) is 0. The molecule has 0 aromatic heterocycles. The number of Topliss-reactive ketones (excluding diaryl/α,β-unsaturated/α-hetero) is 1. The highest BCUT2D eigenvalue weighted by atomic mass is 16.1. The molecule has 1 N–H and O–H groups in total. The zero-order chi connectivity index (χ0) is 12.5. The number of aryl methyl sites for hydroxylation is 1. The Morgan fingerprint density at radius 2 is 2.22 bits per heavy atom. The predicted molar refractivity (Wildman–Crippen MR) is 72.1 cm³/mol. The third-order valence-corrected chi connectivity index (χ3v) is 3.69. The molecule has 0 bridgehead atoms. The molecule has 0 amide bonds. The number of hydrogen-bond donors (Lipinski definition) is 1. The molecule has 2 nitrogen and oxygen atoms in total. The van der Waals surface area contributed by atoms with Gasteiger partial charge in [0.2, 0.25) is 0 Å². The molecule has 1 aliphatic carbocycles. The molecule has 0 saturated carbocycles. The first kappa shape index (κ1) is 11.3. The van der Waals surface area contributed by atoms with Crippen LogP contribution in [0.15, 0.2) is 47.7 Å². The predicted octanol–water partition coefficient (Wildman–Crippen LogP) is 3.20. The van der Waals surface area contributed by atoms with Crippen molar-refractivity contribution in [2.24, 2.45) is 0 Å². The number of carbonyl (C=O) groups is 1. The van der Waals surface area contributed by atoms with Gasteiger partial charge in [0.25, 0.3) is 0 Å². The maximum atomic E-state index is 11.9. The number of carbonyl (C=O) groups excluding carboxylic acids is 1. The number of benzene rings is 1. The van der Waals surface area contributed by atoms with Gasteiger partial charge in [0.05, 0.1) is 11.7 Å². The molecule has 2 heteroatoms. The van der Waals surface area contributed by atoms with Crippen LogP contribution in [0.5, 0.6) is 0 Å². The minimum atomic E-state index is 0.227. The van der Waals surface area contributed by atoms with Crippen molar-refractivity contribution in [3.63, 3.8) is 0 Å². The summed E-state index contributed by atoms with van der Waals surface area (Å²) in [6.07, 6.45) is 6.64. The van der Waals surface area contributed by atoms with Crippen LogP contribution in [0, 0.1) is 6.92 Å². The van der Waals surface area contributed by atoms with Gasteiger partial charge in [-0.15, -0.1) is 0 Å². The van der Waals surface area contributed by atoms with E-state index in [0.29, 0.717) is 6.42 Å². The molecule has 1 heterocycles. The summed E-state index contributed by atoms with van der Waals surface area (Å²) in [5, 5.41) is 3.43. The summed E-state index contributed by atoms with van der Waals surface area (Å²) in [4.78, 5) is 11.9. The van der Waals surface area contributed by atoms with E-state index in [-0.39, 0.29) is 11.8 Å². The Bertz CT molecular complexity index is 554. The normalized spacial score (nSPS) is 22.7. The SMILES string of the molecule is Cc1cccc(C2CCC3=C(N2)C(=O)CC=C3)c1. The minimum absolute atomic E-state index is 0.227. The first-order valence-electron chi connectivity index (χ1n) is 6.50. The van der Waals surface area contributed by atoms with Crippen molar-refractivity contribution in [3.8, 4) is 0 Å². The number of ketones is 1. The van der Waals surface area contributed by atoms with Gasteiger partial charge in [0.15, 0.2) is 5.78 Å². The van der Waals surface area contributed by atoms with Crippen LogP contribution in [-0.4, -0.2) is 5.78 Å². The largest absolute Gasteiger partial charge is 0.375 e. The van der Waals surface area contributed by atoms with Gasteiger partial charge in [-0.2, -0.15) is 0 Å². The molecule has 3 rings (SSSR count). The molecule has 92 valence electrons. The molecule has 18 heavy (non-hydrogen) atoms. The first-order valence-corrected chi connectivity index (χ1v) is 6.50. The van der Waals surface area contributed by atoms with Crippen molar-refractivity contribution < 1.29 is 4.79 Å². The van der Waals surface area contributed by atoms with E-state index in [2.05, 4.69) is 42.6 Å². The fraction of sp³-hybridized carbons (Fsp3) is 0.312. The van der Waals surface area contributed by atoms with Gasteiger partial charge in [-0.25, -0.2) is 0 Å². The highest BCUT2D eigenvalue weighted by Gasteiger charge is 2.25. The summed E-state index contributed by atoms with van der Waals surface area (Å²) in [5.41, 5.74) is 4.57. The summed E-state index contributed by atoms with van der Waals surface area (Å²) in [6, 6.07) is 8.80. The van der Waals surface area contributed by atoms with Crippen molar-refractivity contribution in [1.29, 1.82) is 0 Å². The number of hydrogen-bond acceptors (Lipinski definition) is 2. The van der Waals surface area contributed by atoms with E-state index in [1.54, 1.807) is 0 Å². The second-order valence-electron chi connectivity index (χ2n) is 5.08. The van der Waals surface area contributed by atoms with Crippen molar-refractivity contribution >= 4 is 5.78 Å². The highest BCUT2D eigenvalue weighted by molar-refractivity contribution is 5.98. The second kappa shape index (κ2) is 4.45. The van der Waals surface area contributed by atoms with Crippen molar-refractivity contribution in [2.75, 3.05) is 0 Å². The van der Waals surface area contributed by atoms with E-state index in [9.17, 15) is 4.79 Å². The second-order valence-corrected chi connectivity index (χ2v) is 5.08. The van der Waals surface area contributed by atoms with E-state index >= 15 is 0 Å². The van der Waals surface area contributed by atoms with E-state index in [0.717, 1.165) is 18.5 Å². The van der Waals surface area contributed by atoms with Gasteiger partial charge >= 0.3 is 0 Å². The zero-order valence-corrected chi connectivity index (χ0v) is 10.6. The molecule has 1 aromatic carbocycles. The van der Waals surface area contributed by atoms with Gasteiger partial charge in [0.1, 0.15) is 0 Å². The van der Waals surface area contributed by atoms with Crippen LogP contribution in [0.4, 0.5) is 0 Å². The Morgan fingerprint density at radius 3 is 3.06 bits per heavy atom. The van der Waals surface area contributed by atoms with Gasteiger partial charge in [-0.05, 0) is 30.9 Å². The fourth-order valence-corrected chi connectivity index (χ4v) is 2.74. The molecular formula is C16H17NO. The van der Waals surface area contributed by atoms with Crippen LogP contribution in [-0.2, 0) is 4.79 Å². The summed E-state index contributed by atoms with van der Waals surface area (Å²) < 4.78 is 0. The summed E-state index contributed by atoms with van der Waals surface area (Å²) in [5.74, 6) is 0.227. The molecule has 1 aliphatic heterocycles. The molecule has 0 spiro atoms. The smallest absolute Gasteiger partial charge is 0.182 e. The van der Waals surface area contributed by atoms with E-state index in [4.69, 9.17) is 0 Å². The Hall–Kier alpha value is -1.83. The number of allylic oxidation sites excluding steroid dienone is 4. The Morgan fingerprint density at radius 1 is 1.33 bits per heavy atom. The monoisotopic (exact) mass is 239 g/mol. The third kappa shape index (κ3) is 1.99. The van der Waals surface area contributed by atoms with Crippen LogP contribution >= 0.6 is 0 Å². The Balaban J connectivity index is 1.89. The first-order chi connectivity index (χ1) is 8.74. The van der Waals surface area contributed by atoms with Crippen LogP contribution in [0.25, 0.3) is 0 Å². The number of rotatable bonds is 1. The standard InChI is InChI=1S/C16H17NO/c1-11-4-2-6-13(10-11)14-9-8-12-5-3-7-15(18)16(12)17-14/h2-6,10,14,17H,7-9H2,1H3. The molecule has 2 aliphatic rings. The highest BCUT2D eigenvalue weighted by Crippen LogP contribution is 2.31. The molecule has 0 fully saturated rings. The fourth-order valence-electron chi connectivity index (χ4n) is 2.74. The van der Waals surface area contributed by atoms with Crippen LogP contribution < -0.4 is 5.32 Å². The zero-order valence-electron chi connectivity index (χ0n) is 10.6. The van der Waals surface area contributed by atoms with Crippen LogP contribution in [0.2, 0.25) is 0 Å². The van der Waals surface area contributed by atoms with Gasteiger partial charge in [0, 0.05) is 6.42 Å². The lowest BCUT2D eigenvalue weighted by molar-refractivity contribution is -0.115. The van der Waals surface area contributed by atoms with Crippen molar-refractivity contribution in [3.05, 3.63) is 58.8 Å². The van der Waals surface area contributed by atoms with E-state index in [1.165, 1.54) is 16.7 Å². The molecule has 0 radical (unpaired) electrons. The topological polar surface area (TPSA) is 29.1 Å². The Labute approximate surface area is 107 Å². The number of nitrogens with one attached hydrogen (secondary N) is 1. The van der Waals surface area contributed by atoms with E-state index < -0.39 is 0 Å². The Kier molecular flexibility index (Phi) is 2.78. The lowest BCUT2D eigenvalue weighted by Gasteiger charge is -2.29. The average molecular weight is 239 g/mol. The van der Waals surface area contributed by atoms with Gasteiger partial charge in [-0.1, -0.05) is 42.0 Å². The van der Waals surface area contributed by atoms with Crippen LogP contribution in [0.3, 0.4) is 0 Å². The quantitative estimate of drug-likeness (QED) is 0.815. The summed E-state index contributed by atoms with van der Waals surface area (Å²) >= 11 is 0. The molecular weight excluding hydrogens is 222 g/mol. The average Bonchev–Trinajstić information content (AvgIpc) is 2.39. The summed E-state index contributed by atoms with van der Waals surface area (Å²) in [6.45, 7) is 2.10. The maximum Gasteiger partial charge on any atom is 0.182 e. The van der Waals surface area contributed by atoms with E-state index in [1.807, 2.05) is 6.08 Å². The molecule has 1 unspecified atom stereocenters. The lowest BCUT2D eigenvalue weighted by atomic mass is 9.89. The minimum Gasteiger partial charge on any atom is -0.375 e. The van der Waals surface area contributed by atoms with Crippen molar-refractivity contribution in [2.45, 2.75) is 32.2 Å². The lowest BCUT2D eigenvalue weighted by Crippen LogP contribution is -2.31. The maximum absolute atomic E-state index is 11.9. The van der Waals surface area contributed by atoms with Gasteiger partial charge in [-0.3, -0.25) is 4.79 Å². The molecule has 0 saturated heterocycles. The third-order valence-electron chi connectivity index (χ3n) is 3.69. The molecule has 1 aromatic rings. The van der Waals surface area contributed by atoms with Gasteiger partial charge < -0.3 is 5.32 Å².